The fourth-order valence-corrected chi connectivity index (χ4v) is 3.17. The molecule has 0 saturated heterocycles. The van der Waals surface area contributed by atoms with Crippen LogP contribution in [0.1, 0.15) is 24.5 Å². The zero-order valence-electron chi connectivity index (χ0n) is 12.2. The topological polar surface area (TPSA) is 67.7 Å². The molecule has 6 nitrogen and oxygen atoms in total. The number of nitrogens with zero attached hydrogens (tertiary/aromatic N) is 4. The van der Waals surface area contributed by atoms with Crippen LogP contribution in [-0.2, 0) is 4.74 Å². The minimum absolute atomic E-state index is 0.0964. The average Bonchev–Trinajstić information content (AvgIpc) is 2.96. The largest absolute Gasteiger partial charge is 0.446 e. The molecule has 1 aliphatic rings. The number of rotatable bonds is 4. The van der Waals surface area contributed by atoms with Gasteiger partial charge >= 0.3 is 6.09 Å². The molecule has 22 heavy (non-hydrogen) atoms. The van der Waals surface area contributed by atoms with Gasteiger partial charge in [-0.25, -0.2) is 14.7 Å². The zero-order valence-corrected chi connectivity index (χ0v) is 13.0. The van der Waals surface area contributed by atoms with Gasteiger partial charge in [-0.15, -0.1) is 11.3 Å². The summed E-state index contributed by atoms with van der Waals surface area (Å²) in [5, 5.41) is 0. The first-order chi connectivity index (χ1) is 10.7. The molecule has 7 heteroatoms. The second-order valence-electron chi connectivity index (χ2n) is 5.03. The molecule has 0 N–H and O–H groups in total. The number of aliphatic imine (C=N–C) groups is 1. The normalized spacial score (nSPS) is 20.8. The van der Waals surface area contributed by atoms with Crippen LogP contribution in [0.5, 0.6) is 0 Å². The molecular weight excluding hydrogens is 300 g/mol. The predicted octanol–water partition coefficient (Wildman–Crippen LogP) is 3.18. The Morgan fingerprint density at radius 3 is 3.09 bits per heavy atom. The number of aromatic nitrogens is 2. The second-order valence-corrected chi connectivity index (χ2v) is 5.92. The Morgan fingerprint density at radius 1 is 1.55 bits per heavy atom. The Kier molecular flexibility index (Phi) is 4.15. The molecule has 1 saturated carbocycles. The van der Waals surface area contributed by atoms with Crippen molar-refractivity contribution in [2.75, 3.05) is 7.05 Å². The quantitative estimate of drug-likeness (QED) is 0.642. The van der Waals surface area contributed by atoms with E-state index >= 15 is 0 Å². The number of hydrogen-bond acceptors (Lipinski definition) is 6. The molecule has 3 rings (SSSR count). The summed E-state index contributed by atoms with van der Waals surface area (Å²) < 4.78 is 6.56. The van der Waals surface area contributed by atoms with Crippen molar-refractivity contribution in [1.82, 2.24) is 14.9 Å². The van der Waals surface area contributed by atoms with Crippen LogP contribution < -0.4 is 0 Å². The van der Waals surface area contributed by atoms with Gasteiger partial charge in [0.05, 0.1) is 22.2 Å². The number of pyridine rings is 1. The van der Waals surface area contributed by atoms with Crippen LogP contribution in [0.3, 0.4) is 0 Å². The van der Waals surface area contributed by atoms with Gasteiger partial charge in [0.25, 0.3) is 0 Å². The van der Waals surface area contributed by atoms with E-state index in [2.05, 4.69) is 21.5 Å². The zero-order chi connectivity index (χ0) is 15.5. The molecule has 0 aliphatic heterocycles. The van der Waals surface area contributed by atoms with E-state index in [1.165, 1.54) is 17.4 Å². The summed E-state index contributed by atoms with van der Waals surface area (Å²) in [5.41, 5.74) is 3.80. The molecule has 0 atom stereocenters. The van der Waals surface area contributed by atoms with Gasteiger partial charge in [0, 0.05) is 25.4 Å². The molecule has 1 aliphatic carbocycles. The van der Waals surface area contributed by atoms with Crippen LogP contribution in [0.2, 0.25) is 0 Å². The molecule has 0 aromatic carbocycles. The first kappa shape index (κ1) is 14.6. The third-order valence-electron chi connectivity index (χ3n) is 3.67. The molecule has 2 aromatic heterocycles. The average molecular weight is 316 g/mol. The highest BCUT2D eigenvalue weighted by Gasteiger charge is 2.36. The molecule has 0 spiro atoms. The van der Waals surface area contributed by atoms with Crippen molar-refractivity contribution in [3.63, 3.8) is 0 Å². The molecule has 1 amide bonds. The molecule has 2 aromatic rings. The van der Waals surface area contributed by atoms with Gasteiger partial charge in [0.1, 0.15) is 11.6 Å². The predicted molar refractivity (Wildman–Crippen MR) is 86.1 cm³/mol. The number of fused-ring (bicyclic) bond motifs is 1. The smallest absolute Gasteiger partial charge is 0.419 e. The minimum Gasteiger partial charge on any atom is -0.446 e. The van der Waals surface area contributed by atoms with Crippen molar-refractivity contribution in [1.29, 1.82) is 0 Å². The SMILES string of the molecule is C=CN(C=NC)C(=O)OC1CC(c2nccc3scnc23)C1. The maximum Gasteiger partial charge on any atom is 0.419 e. The van der Waals surface area contributed by atoms with E-state index in [0.717, 1.165) is 28.8 Å². The lowest BCUT2D eigenvalue weighted by Gasteiger charge is -2.34. The number of ether oxygens (including phenoxy) is 1. The van der Waals surface area contributed by atoms with Crippen molar-refractivity contribution < 1.29 is 9.53 Å². The fourth-order valence-electron chi connectivity index (χ4n) is 2.49. The van der Waals surface area contributed by atoms with E-state index in [1.54, 1.807) is 18.4 Å². The fraction of sp³-hybridized carbons (Fsp3) is 0.333. The monoisotopic (exact) mass is 316 g/mol. The van der Waals surface area contributed by atoms with Gasteiger partial charge in [0.15, 0.2) is 0 Å². The molecule has 0 radical (unpaired) electrons. The van der Waals surface area contributed by atoms with Crippen LogP contribution in [0, 0.1) is 0 Å². The molecule has 0 unspecified atom stereocenters. The van der Waals surface area contributed by atoms with E-state index < -0.39 is 6.09 Å². The summed E-state index contributed by atoms with van der Waals surface area (Å²) in [6.45, 7) is 3.56. The van der Waals surface area contributed by atoms with E-state index in [-0.39, 0.29) is 6.10 Å². The first-order valence-corrected chi connectivity index (χ1v) is 7.82. The Labute approximate surface area is 132 Å². The summed E-state index contributed by atoms with van der Waals surface area (Å²) >= 11 is 1.61. The van der Waals surface area contributed by atoms with Crippen LogP contribution in [0.4, 0.5) is 4.79 Å². The van der Waals surface area contributed by atoms with Crippen molar-refractivity contribution in [3.8, 4) is 0 Å². The summed E-state index contributed by atoms with van der Waals surface area (Å²) in [6, 6.07) is 1.97. The van der Waals surface area contributed by atoms with Crippen LogP contribution in [-0.4, -0.2) is 40.5 Å². The maximum absolute atomic E-state index is 11.9. The third-order valence-corrected chi connectivity index (χ3v) is 4.47. The maximum atomic E-state index is 11.9. The summed E-state index contributed by atoms with van der Waals surface area (Å²) in [4.78, 5) is 25.7. The number of hydrogen-bond donors (Lipinski definition) is 0. The van der Waals surface area contributed by atoms with Crippen LogP contribution >= 0.6 is 11.3 Å². The second kappa shape index (κ2) is 6.23. The summed E-state index contributed by atoms with van der Waals surface area (Å²) in [5.74, 6) is 0.292. The lowest BCUT2D eigenvalue weighted by atomic mass is 9.79. The standard InChI is InChI=1S/C15H16N4O2S/c1-3-19(8-16-2)15(20)21-11-6-10(7-11)13-14-12(4-5-17-13)22-9-18-14/h3-5,8-11H,1,6-7H2,2H3. The van der Waals surface area contributed by atoms with E-state index in [0.29, 0.717) is 5.92 Å². The van der Waals surface area contributed by atoms with E-state index in [1.807, 2.05) is 17.8 Å². The molecule has 114 valence electrons. The van der Waals surface area contributed by atoms with Crippen LogP contribution in [0.25, 0.3) is 10.2 Å². The van der Waals surface area contributed by atoms with Gasteiger partial charge in [0.2, 0.25) is 0 Å². The lowest BCUT2D eigenvalue weighted by Crippen LogP contribution is -2.36. The Morgan fingerprint density at radius 2 is 2.36 bits per heavy atom. The molecule has 2 heterocycles. The first-order valence-electron chi connectivity index (χ1n) is 6.94. The van der Waals surface area contributed by atoms with Gasteiger partial charge < -0.3 is 4.74 Å². The third kappa shape index (κ3) is 2.71. The molecule has 1 fully saturated rings. The Bertz CT molecular complexity index is 721. The van der Waals surface area contributed by atoms with E-state index in [4.69, 9.17) is 4.74 Å². The van der Waals surface area contributed by atoms with Crippen molar-refractivity contribution in [2.24, 2.45) is 4.99 Å². The van der Waals surface area contributed by atoms with Gasteiger partial charge in [-0.2, -0.15) is 0 Å². The number of thiazole rings is 1. The Hall–Kier alpha value is -2.28. The lowest BCUT2D eigenvalue weighted by molar-refractivity contribution is 0.0311. The number of carbonyl (C=O) groups excluding carboxylic acids is 1. The van der Waals surface area contributed by atoms with Gasteiger partial charge in [-0.05, 0) is 18.9 Å². The highest BCUT2D eigenvalue weighted by atomic mass is 32.1. The highest BCUT2D eigenvalue weighted by molar-refractivity contribution is 7.16. The van der Waals surface area contributed by atoms with Crippen molar-refractivity contribution in [3.05, 3.63) is 36.2 Å². The summed E-state index contributed by atoms with van der Waals surface area (Å²) in [7, 11) is 1.59. The Balaban J connectivity index is 1.61. The minimum atomic E-state index is -0.455. The molecule has 0 bridgehead atoms. The van der Waals surface area contributed by atoms with Crippen molar-refractivity contribution >= 4 is 34.0 Å². The van der Waals surface area contributed by atoms with Gasteiger partial charge in [-0.3, -0.25) is 9.98 Å². The van der Waals surface area contributed by atoms with E-state index in [9.17, 15) is 4.79 Å². The van der Waals surface area contributed by atoms with Crippen molar-refractivity contribution in [2.45, 2.75) is 24.9 Å². The highest BCUT2D eigenvalue weighted by Crippen LogP contribution is 2.40. The number of carbonyl (C=O) groups is 1. The summed E-state index contributed by atoms with van der Waals surface area (Å²) in [6.07, 6.45) is 5.55. The molecular formula is C15H16N4O2S. The number of amides is 1. The van der Waals surface area contributed by atoms with Crippen LogP contribution in [0.15, 0.2) is 35.5 Å². The van der Waals surface area contributed by atoms with Gasteiger partial charge in [-0.1, -0.05) is 6.58 Å².